The summed E-state index contributed by atoms with van der Waals surface area (Å²) in [7, 11) is 0. The number of hydrogen-bond donors (Lipinski definition) is 2. The molecule has 0 saturated heterocycles. The van der Waals surface area contributed by atoms with Gasteiger partial charge in [0, 0.05) is 11.7 Å². The van der Waals surface area contributed by atoms with Gasteiger partial charge in [-0.3, -0.25) is 0 Å². The molecular formula is C20H26N2O. The molecule has 0 aromatic heterocycles. The zero-order chi connectivity index (χ0) is 16.9. The number of benzene rings is 2. The predicted molar refractivity (Wildman–Crippen MR) is 96.9 cm³/mol. The van der Waals surface area contributed by atoms with Gasteiger partial charge in [0.2, 0.25) is 0 Å². The van der Waals surface area contributed by atoms with Crippen molar-refractivity contribution in [2.75, 3.05) is 5.32 Å². The van der Waals surface area contributed by atoms with Crippen molar-refractivity contribution in [3.63, 3.8) is 0 Å². The molecule has 0 saturated carbocycles. The Labute approximate surface area is 139 Å². The van der Waals surface area contributed by atoms with E-state index in [1.165, 1.54) is 11.1 Å². The van der Waals surface area contributed by atoms with Crippen LogP contribution in [-0.2, 0) is 11.8 Å². The van der Waals surface area contributed by atoms with E-state index in [0.717, 1.165) is 12.1 Å². The second kappa shape index (κ2) is 7.32. The molecule has 23 heavy (non-hydrogen) atoms. The Balaban J connectivity index is 1.87. The van der Waals surface area contributed by atoms with Crippen LogP contribution in [0.15, 0.2) is 54.6 Å². The highest BCUT2D eigenvalue weighted by atomic mass is 16.2. The Hall–Kier alpha value is -2.29. The molecule has 2 amide bonds. The Bertz CT molecular complexity index is 627. The summed E-state index contributed by atoms with van der Waals surface area (Å²) in [4.78, 5) is 12.1. The largest absolute Gasteiger partial charge is 0.335 e. The van der Waals surface area contributed by atoms with E-state index in [1.807, 2.05) is 37.3 Å². The van der Waals surface area contributed by atoms with E-state index in [-0.39, 0.29) is 17.5 Å². The second-order valence-electron chi connectivity index (χ2n) is 7.02. The minimum absolute atomic E-state index is 0.0752. The molecular weight excluding hydrogens is 284 g/mol. The minimum atomic E-state index is -0.170. The highest BCUT2D eigenvalue weighted by molar-refractivity contribution is 5.89. The van der Waals surface area contributed by atoms with Gasteiger partial charge >= 0.3 is 6.03 Å². The van der Waals surface area contributed by atoms with Gasteiger partial charge in [-0.1, -0.05) is 63.2 Å². The number of carbonyl (C=O) groups is 1. The van der Waals surface area contributed by atoms with Crippen LogP contribution >= 0.6 is 0 Å². The van der Waals surface area contributed by atoms with E-state index in [9.17, 15) is 4.79 Å². The van der Waals surface area contributed by atoms with E-state index in [4.69, 9.17) is 0 Å². The lowest BCUT2D eigenvalue weighted by Crippen LogP contribution is -2.37. The lowest BCUT2D eigenvalue weighted by atomic mass is 9.87. The van der Waals surface area contributed by atoms with Crippen LogP contribution in [0.4, 0.5) is 10.5 Å². The first-order valence-electron chi connectivity index (χ1n) is 8.06. The average molecular weight is 310 g/mol. The third-order valence-corrected chi connectivity index (χ3v) is 3.77. The van der Waals surface area contributed by atoms with Gasteiger partial charge in [-0.05, 0) is 42.0 Å². The number of rotatable bonds is 4. The Morgan fingerprint density at radius 2 is 1.61 bits per heavy atom. The molecule has 0 aliphatic carbocycles. The molecule has 0 fully saturated rings. The Morgan fingerprint density at radius 3 is 2.17 bits per heavy atom. The number of urea groups is 1. The van der Waals surface area contributed by atoms with Gasteiger partial charge in [-0.25, -0.2) is 4.79 Å². The van der Waals surface area contributed by atoms with Crippen molar-refractivity contribution in [3.05, 3.63) is 65.7 Å². The van der Waals surface area contributed by atoms with Crippen LogP contribution in [0.3, 0.4) is 0 Å². The normalized spacial score (nSPS) is 12.5. The highest BCUT2D eigenvalue weighted by Crippen LogP contribution is 2.23. The first kappa shape index (κ1) is 17.1. The molecule has 2 aromatic carbocycles. The molecule has 1 atom stereocenters. The maximum Gasteiger partial charge on any atom is 0.319 e. The summed E-state index contributed by atoms with van der Waals surface area (Å²) in [6.45, 7) is 8.53. The third-order valence-electron chi connectivity index (χ3n) is 3.77. The molecule has 0 heterocycles. The quantitative estimate of drug-likeness (QED) is 0.841. The monoisotopic (exact) mass is 310 g/mol. The summed E-state index contributed by atoms with van der Waals surface area (Å²) < 4.78 is 0. The van der Waals surface area contributed by atoms with E-state index in [1.54, 1.807) is 0 Å². The summed E-state index contributed by atoms with van der Waals surface area (Å²) in [6, 6.07) is 18.1. The summed E-state index contributed by atoms with van der Waals surface area (Å²) in [5.41, 5.74) is 3.39. The molecule has 0 aliphatic heterocycles. The molecule has 2 aromatic rings. The molecule has 0 radical (unpaired) electrons. The van der Waals surface area contributed by atoms with E-state index < -0.39 is 0 Å². The Kier molecular flexibility index (Phi) is 5.43. The fourth-order valence-electron chi connectivity index (χ4n) is 2.46. The molecule has 122 valence electrons. The first-order chi connectivity index (χ1) is 10.8. The standard InChI is InChI=1S/C20H26N2O/c1-15(14-16-8-6-5-7-9-16)21-19(23)22-18-12-10-17(11-13-18)20(2,3)4/h5-13,15H,14H2,1-4H3,(H2,21,22,23). The van der Waals surface area contributed by atoms with Crippen LogP contribution < -0.4 is 10.6 Å². The van der Waals surface area contributed by atoms with Crippen molar-refractivity contribution < 1.29 is 4.79 Å². The topological polar surface area (TPSA) is 41.1 Å². The average Bonchev–Trinajstić information content (AvgIpc) is 2.47. The lowest BCUT2D eigenvalue weighted by molar-refractivity contribution is 0.249. The third kappa shape index (κ3) is 5.44. The second-order valence-corrected chi connectivity index (χ2v) is 7.02. The van der Waals surface area contributed by atoms with Crippen LogP contribution in [0.2, 0.25) is 0 Å². The van der Waals surface area contributed by atoms with Crippen molar-refractivity contribution in [1.29, 1.82) is 0 Å². The number of amides is 2. The van der Waals surface area contributed by atoms with Crippen molar-refractivity contribution >= 4 is 11.7 Å². The number of anilines is 1. The zero-order valence-corrected chi connectivity index (χ0v) is 14.4. The van der Waals surface area contributed by atoms with E-state index in [0.29, 0.717) is 0 Å². The lowest BCUT2D eigenvalue weighted by Gasteiger charge is -2.19. The van der Waals surface area contributed by atoms with Crippen LogP contribution in [0.25, 0.3) is 0 Å². The maximum atomic E-state index is 12.1. The van der Waals surface area contributed by atoms with Gasteiger partial charge in [0.05, 0.1) is 0 Å². The SMILES string of the molecule is CC(Cc1ccccc1)NC(=O)Nc1ccc(C(C)(C)C)cc1. The minimum Gasteiger partial charge on any atom is -0.335 e. The van der Waals surface area contributed by atoms with Gasteiger partial charge in [0.15, 0.2) is 0 Å². The molecule has 0 bridgehead atoms. The van der Waals surface area contributed by atoms with Gasteiger partial charge in [-0.2, -0.15) is 0 Å². The molecule has 1 unspecified atom stereocenters. The number of hydrogen-bond acceptors (Lipinski definition) is 1. The van der Waals surface area contributed by atoms with Gasteiger partial charge in [0.1, 0.15) is 0 Å². The van der Waals surface area contributed by atoms with Crippen molar-refractivity contribution in [3.8, 4) is 0 Å². The molecule has 2 N–H and O–H groups in total. The Morgan fingerprint density at radius 1 is 1.00 bits per heavy atom. The first-order valence-corrected chi connectivity index (χ1v) is 8.06. The fraction of sp³-hybridized carbons (Fsp3) is 0.350. The van der Waals surface area contributed by atoms with E-state index in [2.05, 4.69) is 55.7 Å². The molecule has 2 rings (SSSR count). The zero-order valence-electron chi connectivity index (χ0n) is 14.4. The maximum absolute atomic E-state index is 12.1. The fourth-order valence-corrected chi connectivity index (χ4v) is 2.46. The van der Waals surface area contributed by atoms with Crippen molar-refractivity contribution in [2.24, 2.45) is 0 Å². The van der Waals surface area contributed by atoms with Crippen LogP contribution in [0.1, 0.15) is 38.8 Å². The van der Waals surface area contributed by atoms with Gasteiger partial charge < -0.3 is 10.6 Å². The van der Waals surface area contributed by atoms with Gasteiger partial charge in [0.25, 0.3) is 0 Å². The predicted octanol–water partition coefficient (Wildman–Crippen LogP) is 4.74. The van der Waals surface area contributed by atoms with Gasteiger partial charge in [-0.15, -0.1) is 0 Å². The van der Waals surface area contributed by atoms with Crippen LogP contribution in [0.5, 0.6) is 0 Å². The number of nitrogens with one attached hydrogen (secondary N) is 2. The number of carbonyl (C=O) groups excluding carboxylic acids is 1. The molecule has 3 heteroatoms. The summed E-state index contributed by atoms with van der Waals surface area (Å²) in [6.07, 6.45) is 0.817. The van der Waals surface area contributed by atoms with Crippen LogP contribution in [0, 0.1) is 0 Å². The molecule has 3 nitrogen and oxygen atoms in total. The molecule has 0 spiro atoms. The van der Waals surface area contributed by atoms with E-state index >= 15 is 0 Å². The van der Waals surface area contributed by atoms with Crippen molar-refractivity contribution in [2.45, 2.75) is 45.6 Å². The highest BCUT2D eigenvalue weighted by Gasteiger charge is 2.13. The summed E-state index contributed by atoms with van der Waals surface area (Å²) in [5.74, 6) is 0. The smallest absolute Gasteiger partial charge is 0.319 e. The van der Waals surface area contributed by atoms with Crippen molar-refractivity contribution in [1.82, 2.24) is 5.32 Å². The van der Waals surface area contributed by atoms with Crippen LogP contribution in [-0.4, -0.2) is 12.1 Å². The summed E-state index contributed by atoms with van der Waals surface area (Å²) >= 11 is 0. The summed E-state index contributed by atoms with van der Waals surface area (Å²) in [5, 5.41) is 5.86. The molecule has 0 aliphatic rings.